The molecule has 8 heterocycles. The van der Waals surface area contributed by atoms with Crippen LogP contribution >= 0.6 is 0 Å². The lowest BCUT2D eigenvalue weighted by Crippen LogP contribution is -2.15. The number of carbonyl (C=O) groups excluding carboxylic acids is 1. The van der Waals surface area contributed by atoms with E-state index in [9.17, 15) is 10.1 Å². The standard InChI is InChI=1S/C18H14N6O.C18H12N6/c1-11-4-2-6-14(22-11)17-12(5-3-9-20-17)13-7-8-16-21-10-15(18(19)25)24(16)23-13;1-12-4-2-6-16(22-12)18-14(5-3-9-20-18)15-7-8-17-21-11-13(10-19)24(17)23-15/h2-10H,1H3,(H2,19,25);2-9,11H,1H3. The fourth-order valence-electron chi connectivity index (χ4n) is 5.26. The topological polar surface area (TPSA) is 179 Å². The number of primary amides is 1. The molecule has 0 spiro atoms. The van der Waals surface area contributed by atoms with Crippen LogP contribution < -0.4 is 5.73 Å². The second-order valence-corrected chi connectivity index (χ2v) is 10.9. The van der Waals surface area contributed by atoms with Crippen molar-refractivity contribution >= 4 is 17.2 Å². The van der Waals surface area contributed by atoms with Gasteiger partial charge < -0.3 is 5.73 Å². The van der Waals surface area contributed by atoms with E-state index in [2.05, 4.69) is 46.2 Å². The molecule has 0 bridgehead atoms. The van der Waals surface area contributed by atoms with Crippen LogP contribution in [0.15, 0.2) is 110 Å². The molecule has 0 saturated carbocycles. The van der Waals surface area contributed by atoms with Crippen LogP contribution in [0.4, 0.5) is 0 Å². The third-order valence-corrected chi connectivity index (χ3v) is 7.52. The Bertz CT molecular complexity index is 2550. The summed E-state index contributed by atoms with van der Waals surface area (Å²) in [4.78, 5) is 37.9. The Morgan fingerprint density at radius 2 is 1.16 bits per heavy atom. The van der Waals surface area contributed by atoms with E-state index in [1.165, 1.54) is 21.4 Å². The molecule has 0 radical (unpaired) electrons. The van der Waals surface area contributed by atoms with Crippen LogP contribution in [-0.2, 0) is 0 Å². The van der Waals surface area contributed by atoms with Crippen molar-refractivity contribution in [3.63, 3.8) is 0 Å². The van der Waals surface area contributed by atoms with E-state index in [4.69, 9.17) is 5.73 Å². The number of rotatable bonds is 5. The summed E-state index contributed by atoms with van der Waals surface area (Å²) in [7, 11) is 0. The van der Waals surface area contributed by atoms with E-state index in [1.807, 2.05) is 92.7 Å². The number of nitrogens with zero attached hydrogens (tertiary/aromatic N) is 11. The highest BCUT2D eigenvalue weighted by Gasteiger charge is 2.16. The molecule has 13 nitrogen and oxygen atoms in total. The summed E-state index contributed by atoms with van der Waals surface area (Å²) in [5.74, 6) is -0.580. The first-order valence-corrected chi connectivity index (χ1v) is 15.1. The Morgan fingerprint density at radius 3 is 1.69 bits per heavy atom. The molecule has 1 amide bonds. The Hall–Kier alpha value is -7.20. The summed E-state index contributed by atoms with van der Waals surface area (Å²) in [5, 5.41) is 18.2. The molecule has 13 heteroatoms. The van der Waals surface area contributed by atoms with Gasteiger partial charge in [-0.05, 0) is 86.6 Å². The molecule has 8 rings (SSSR count). The largest absolute Gasteiger partial charge is 0.364 e. The molecule has 8 aromatic heterocycles. The lowest BCUT2D eigenvalue weighted by molar-refractivity contribution is 0.0993. The normalized spacial score (nSPS) is 10.8. The van der Waals surface area contributed by atoms with Crippen molar-refractivity contribution < 1.29 is 4.79 Å². The van der Waals surface area contributed by atoms with Crippen LogP contribution in [-0.4, -0.2) is 55.0 Å². The average molecular weight is 643 g/mol. The van der Waals surface area contributed by atoms with Crippen LogP contribution in [0.5, 0.6) is 0 Å². The van der Waals surface area contributed by atoms with Crippen molar-refractivity contribution in [2.45, 2.75) is 13.8 Å². The smallest absolute Gasteiger partial charge is 0.269 e. The van der Waals surface area contributed by atoms with Gasteiger partial charge in [-0.3, -0.25) is 24.7 Å². The van der Waals surface area contributed by atoms with E-state index < -0.39 is 5.91 Å². The van der Waals surface area contributed by atoms with E-state index >= 15 is 0 Å². The number of imidazole rings is 2. The highest BCUT2D eigenvalue weighted by Crippen LogP contribution is 2.29. The van der Waals surface area contributed by atoms with E-state index in [1.54, 1.807) is 18.5 Å². The first kappa shape index (κ1) is 30.5. The number of aryl methyl sites for hydroxylation is 2. The molecule has 0 unspecified atom stereocenters. The number of fused-ring (bicyclic) bond motifs is 2. The van der Waals surface area contributed by atoms with Crippen LogP contribution in [0.3, 0.4) is 0 Å². The van der Waals surface area contributed by atoms with Gasteiger partial charge in [0.2, 0.25) is 0 Å². The molecular formula is C36H26N12O. The highest BCUT2D eigenvalue weighted by molar-refractivity contribution is 5.91. The van der Waals surface area contributed by atoms with Gasteiger partial charge in [-0.2, -0.15) is 15.5 Å². The van der Waals surface area contributed by atoms with E-state index in [0.717, 1.165) is 45.3 Å². The van der Waals surface area contributed by atoms with Crippen molar-refractivity contribution in [1.82, 2.24) is 49.1 Å². The molecule has 8 aromatic rings. The molecule has 0 aliphatic rings. The zero-order valence-electron chi connectivity index (χ0n) is 26.3. The molecule has 0 saturated heterocycles. The summed E-state index contributed by atoms with van der Waals surface area (Å²) in [6.07, 6.45) is 6.38. The summed E-state index contributed by atoms with van der Waals surface area (Å²) < 4.78 is 2.98. The molecule has 49 heavy (non-hydrogen) atoms. The van der Waals surface area contributed by atoms with Gasteiger partial charge in [-0.1, -0.05) is 12.1 Å². The number of pyridine rings is 4. The lowest BCUT2D eigenvalue weighted by atomic mass is 10.1. The molecule has 2 N–H and O–H groups in total. The van der Waals surface area contributed by atoms with Crippen molar-refractivity contribution in [2.24, 2.45) is 5.73 Å². The molecule has 236 valence electrons. The zero-order valence-corrected chi connectivity index (χ0v) is 26.3. The SMILES string of the molecule is Cc1cccc(-c2ncccc2-c2ccc3ncc(C#N)n3n2)n1.Cc1cccc(-c2ncccc2-c2ccc3ncc(C(N)=O)n3n2)n1. The number of hydrogen-bond donors (Lipinski definition) is 1. The molecule has 0 aliphatic carbocycles. The van der Waals surface area contributed by atoms with Gasteiger partial charge in [0, 0.05) is 34.9 Å². The van der Waals surface area contributed by atoms with Crippen LogP contribution in [0.25, 0.3) is 56.6 Å². The first-order valence-electron chi connectivity index (χ1n) is 15.1. The van der Waals surface area contributed by atoms with Crippen LogP contribution in [0.1, 0.15) is 27.6 Å². The van der Waals surface area contributed by atoms with Crippen LogP contribution in [0, 0.1) is 25.2 Å². The quantitative estimate of drug-likeness (QED) is 0.259. The predicted molar refractivity (Wildman–Crippen MR) is 182 cm³/mol. The molecular weight excluding hydrogens is 616 g/mol. The number of hydrogen-bond acceptors (Lipinski definition) is 10. The van der Waals surface area contributed by atoms with Crippen molar-refractivity contribution in [3.8, 4) is 51.4 Å². The minimum absolute atomic E-state index is 0.232. The monoisotopic (exact) mass is 642 g/mol. The summed E-state index contributed by atoms with van der Waals surface area (Å²) in [6.45, 7) is 3.88. The van der Waals surface area contributed by atoms with Crippen molar-refractivity contribution in [1.29, 1.82) is 5.26 Å². The summed E-state index contributed by atoms with van der Waals surface area (Å²) >= 11 is 0. The average Bonchev–Trinajstić information content (AvgIpc) is 3.75. The Morgan fingerprint density at radius 1 is 0.633 bits per heavy atom. The number of nitriles is 1. The Balaban J connectivity index is 0.000000154. The lowest BCUT2D eigenvalue weighted by Gasteiger charge is -2.08. The minimum atomic E-state index is -0.580. The van der Waals surface area contributed by atoms with E-state index in [-0.39, 0.29) is 5.69 Å². The Kier molecular flexibility index (Phi) is 8.01. The Labute approximate surface area is 279 Å². The second kappa shape index (κ2) is 12.9. The molecule has 0 fully saturated rings. The van der Waals surface area contributed by atoms with Gasteiger partial charge in [-0.25, -0.2) is 19.0 Å². The predicted octanol–water partition coefficient (Wildman–Crippen LogP) is 5.29. The van der Waals surface area contributed by atoms with Crippen molar-refractivity contribution in [3.05, 3.63) is 132 Å². The molecule has 0 aliphatic heterocycles. The number of carbonyl (C=O) groups is 1. The fraction of sp³-hybridized carbons (Fsp3) is 0.0556. The van der Waals surface area contributed by atoms with E-state index in [0.29, 0.717) is 28.4 Å². The number of amides is 1. The molecule has 0 aromatic carbocycles. The molecule has 0 atom stereocenters. The third kappa shape index (κ3) is 6.05. The maximum Gasteiger partial charge on any atom is 0.269 e. The summed E-state index contributed by atoms with van der Waals surface area (Å²) in [6, 6.07) is 28.6. The first-order chi connectivity index (χ1) is 23.9. The zero-order chi connectivity index (χ0) is 33.9. The number of aromatic nitrogens is 10. The minimum Gasteiger partial charge on any atom is -0.364 e. The van der Waals surface area contributed by atoms with Gasteiger partial charge in [-0.15, -0.1) is 0 Å². The van der Waals surface area contributed by atoms with Gasteiger partial charge in [0.15, 0.2) is 17.0 Å². The maximum atomic E-state index is 11.5. The second-order valence-electron chi connectivity index (χ2n) is 10.9. The van der Waals surface area contributed by atoms with Crippen molar-refractivity contribution in [2.75, 3.05) is 0 Å². The summed E-state index contributed by atoms with van der Waals surface area (Å²) in [5.41, 5.74) is 15.1. The van der Waals surface area contributed by atoms with Gasteiger partial charge >= 0.3 is 0 Å². The highest BCUT2D eigenvalue weighted by atomic mass is 16.1. The van der Waals surface area contributed by atoms with Gasteiger partial charge in [0.1, 0.15) is 11.8 Å². The maximum absolute atomic E-state index is 11.5. The van der Waals surface area contributed by atoms with Gasteiger partial charge in [0.25, 0.3) is 5.91 Å². The van der Waals surface area contributed by atoms with Crippen LogP contribution in [0.2, 0.25) is 0 Å². The number of nitrogens with two attached hydrogens (primary N) is 1. The van der Waals surface area contributed by atoms with Gasteiger partial charge in [0.05, 0.1) is 46.6 Å². The fourth-order valence-corrected chi connectivity index (χ4v) is 5.26. The third-order valence-electron chi connectivity index (χ3n) is 7.52.